The van der Waals surface area contributed by atoms with Crippen LogP contribution in [0.4, 0.5) is 5.69 Å². The number of hydrogen-bond donors (Lipinski definition) is 1. The summed E-state index contributed by atoms with van der Waals surface area (Å²) in [7, 11) is 0. The molecular weight excluding hydrogens is 338 g/mol. The first-order valence-corrected chi connectivity index (χ1v) is 7.79. The molecule has 0 fully saturated rings. The molecule has 1 heterocycles. The van der Waals surface area contributed by atoms with Crippen LogP contribution in [0.1, 0.15) is 17.2 Å². The molecule has 0 radical (unpaired) electrons. The average Bonchev–Trinajstić information content (AvgIpc) is 2.48. The van der Waals surface area contributed by atoms with E-state index < -0.39 is 0 Å². The molecule has 0 saturated heterocycles. The van der Waals surface area contributed by atoms with Crippen LogP contribution in [0.25, 0.3) is 0 Å². The Bertz CT molecular complexity index is 617. The van der Waals surface area contributed by atoms with E-state index in [1.54, 1.807) is 0 Å². The van der Waals surface area contributed by atoms with Gasteiger partial charge in [0.2, 0.25) is 0 Å². The molecule has 2 aromatic carbocycles. The highest BCUT2D eigenvalue weighted by atomic mass is 79.9. The fourth-order valence-electron chi connectivity index (χ4n) is 2.46. The van der Waals surface area contributed by atoms with Gasteiger partial charge in [0, 0.05) is 16.7 Å². The molecule has 104 valence electrons. The number of nitrogens with one attached hydrogen (secondary N) is 1. The second-order valence-corrected chi connectivity index (χ2v) is 6.08. The van der Waals surface area contributed by atoms with Crippen molar-refractivity contribution in [2.45, 2.75) is 12.5 Å². The maximum atomic E-state index is 6.10. The Morgan fingerprint density at radius 1 is 1.25 bits per heavy atom. The normalized spacial score (nSPS) is 17.6. The van der Waals surface area contributed by atoms with Crippen molar-refractivity contribution in [1.29, 1.82) is 0 Å². The summed E-state index contributed by atoms with van der Waals surface area (Å²) in [5, 5.41) is 4.10. The lowest BCUT2D eigenvalue weighted by molar-refractivity contribution is 0.0513. The van der Waals surface area contributed by atoms with Gasteiger partial charge in [-0.15, -0.1) is 0 Å². The van der Waals surface area contributed by atoms with Crippen molar-refractivity contribution in [1.82, 2.24) is 0 Å². The van der Waals surface area contributed by atoms with E-state index in [0.29, 0.717) is 5.02 Å². The third kappa shape index (κ3) is 3.00. The SMILES string of the molecule is Clc1cc(NCC2OCCc3ccccc32)ccc1Br. The van der Waals surface area contributed by atoms with E-state index in [9.17, 15) is 0 Å². The minimum absolute atomic E-state index is 0.0994. The van der Waals surface area contributed by atoms with E-state index in [4.69, 9.17) is 16.3 Å². The van der Waals surface area contributed by atoms with Gasteiger partial charge in [-0.05, 0) is 51.7 Å². The number of hydrogen-bond acceptors (Lipinski definition) is 2. The number of anilines is 1. The number of rotatable bonds is 3. The van der Waals surface area contributed by atoms with Gasteiger partial charge in [-0.3, -0.25) is 0 Å². The van der Waals surface area contributed by atoms with Crippen LogP contribution in [0.2, 0.25) is 5.02 Å². The molecule has 2 nitrogen and oxygen atoms in total. The lowest BCUT2D eigenvalue weighted by Crippen LogP contribution is -2.22. The van der Waals surface area contributed by atoms with Gasteiger partial charge in [-0.25, -0.2) is 0 Å². The lowest BCUT2D eigenvalue weighted by Gasteiger charge is -2.26. The smallest absolute Gasteiger partial charge is 0.0999 e. The molecule has 20 heavy (non-hydrogen) atoms. The predicted octanol–water partition coefficient (Wildman–Crippen LogP) is 4.83. The van der Waals surface area contributed by atoms with Gasteiger partial charge < -0.3 is 10.1 Å². The van der Waals surface area contributed by atoms with Gasteiger partial charge in [-0.1, -0.05) is 35.9 Å². The van der Waals surface area contributed by atoms with Gasteiger partial charge in [-0.2, -0.15) is 0 Å². The third-order valence-corrected chi connectivity index (χ3v) is 4.74. The molecule has 0 aliphatic carbocycles. The molecule has 0 aromatic heterocycles. The van der Waals surface area contributed by atoms with Crippen LogP contribution in [0.5, 0.6) is 0 Å². The van der Waals surface area contributed by atoms with Crippen molar-refractivity contribution in [3.05, 3.63) is 63.1 Å². The minimum Gasteiger partial charge on any atom is -0.382 e. The average molecular weight is 353 g/mol. The molecule has 1 N–H and O–H groups in total. The summed E-state index contributed by atoms with van der Waals surface area (Å²) < 4.78 is 6.78. The molecule has 1 aliphatic heterocycles. The summed E-state index contributed by atoms with van der Waals surface area (Å²) in [5.74, 6) is 0. The van der Waals surface area contributed by atoms with Crippen molar-refractivity contribution < 1.29 is 4.74 Å². The Kier molecular flexibility index (Phi) is 4.29. The molecule has 1 unspecified atom stereocenters. The second kappa shape index (κ2) is 6.17. The summed E-state index contributed by atoms with van der Waals surface area (Å²) in [6.07, 6.45) is 1.10. The van der Waals surface area contributed by atoms with Crippen molar-refractivity contribution >= 4 is 33.2 Å². The number of benzene rings is 2. The van der Waals surface area contributed by atoms with Gasteiger partial charge >= 0.3 is 0 Å². The van der Waals surface area contributed by atoms with E-state index in [-0.39, 0.29) is 6.10 Å². The van der Waals surface area contributed by atoms with Gasteiger partial charge in [0.05, 0.1) is 17.7 Å². The first-order chi connectivity index (χ1) is 9.74. The van der Waals surface area contributed by atoms with E-state index >= 15 is 0 Å². The molecule has 2 aromatic rings. The van der Waals surface area contributed by atoms with Crippen molar-refractivity contribution in [3.63, 3.8) is 0 Å². The zero-order valence-electron chi connectivity index (χ0n) is 10.9. The first-order valence-electron chi connectivity index (χ1n) is 6.62. The van der Waals surface area contributed by atoms with Crippen LogP contribution in [0, 0.1) is 0 Å². The van der Waals surface area contributed by atoms with Crippen LogP contribution in [0.15, 0.2) is 46.9 Å². The second-order valence-electron chi connectivity index (χ2n) is 4.82. The van der Waals surface area contributed by atoms with Crippen molar-refractivity contribution in [2.24, 2.45) is 0 Å². The Morgan fingerprint density at radius 3 is 2.95 bits per heavy atom. The monoisotopic (exact) mass is 351 g/mol. The Balaban J connectivity index is 1.71. The molecule has 0 bridgehead atoms. The van der Waals surface area contributed by atoms with Crippen molar-refractivity contribution in [2.75, 3.05) is 18.5 Å². The predicted molar refractivity (Wildman–Crippen MR) is 86.5 cm³/mol. The van der Waals surface area contributed by atoms with Crippen LogP contribution in [-0.2, 0) is 11.2 Å². The van der Waals surface area contributed by atoms with Crippen LogP contribution >= 0.6 is 27.5 Å². The number of ether oxygens (including phenoxy) is 1. The summed E-state index contributed by atoms with van der Waals surface area (Å²) in [6.45, 7) is 1.53. The Morgan fingerprint density at radius 2 is 2.10 bits per heavy atom. The van der Waals surface area contributed by atoms with Gasteiger partial charge in [0.1, 0.15) is 0 Å². The van der Waals surface area contributed by atoms with E-state index in [0.717, 1.165) is 29.7 Å². The molecule has 0 saturated carbocycles. The molecule has 1 atom stereocenters. The quantitative estimate of drug-likeness (QED) is 0.854. The Labute approximate surface area is 132 Å². The van der Waals surface area contributed by atoms with E-state index in [1.165, 1.54) is 11.1 Å². The van der Waals surface area contributed by atoms with E-state index in [1.807, 2.05) is 18.2 Å². The molecular formula is C16H15BrClNO. The summed E-state index contributed by atoms with van der Waals surface area (Å²) >= 11 is 9.49. The lowest BCUT2D eigenvalue weighted by atomic mass is 9.97. The molecule has 0 spiro atoms. The largest absolute Gasteiger partial charge is 0.382 e. The maximum absolute atomic E-state index is 6.10. The van der Waals surface area contributed by atoms with Crippen LogP contribution in [-0.4, -0.2) is 13.2 Å². The molecule has 0 amide bonds. The zero-order chi connectivity index (χ0) is 13.9. The Hall–Kier alpha value is -1.03. The highest BCUT2D eigenvalue weighted by molar-refractivity contribution is 9.10. The zero-order valence-corrected chi connectivity index (χ0v) is 13.2. The maximum Gasteiger partial charge on any atom is 0.0999 e. The summed E-state index contributed by atoms with van der Waals surface area (Å²) in [4.78, 5) is 0. The highest BCUT2D eigenvalue weighted by Gasteiger charge is 2.19. The molecule has 4 heteroatoms. The van der Waals surface area contributed by atoms with E-state index in [2.05, 4.69) is 45.5 Å². The van der Waals surface area contributed by atoms with Crippen LogP contribution < -0.4 is 5.32 Å². The summed E-state index contributed by atoms with van der Waals surface area (Å²) in [5.41, 5.74) is 3.68. The molecule has 3 rings (SSSR count). The first kappa shape index (κ1) is 13.9. The topological polar surface area (TPSA) is 21.3 Å². The van der Waals surface area contributed by atoms with Gasteiger partial charge in [0.15, 0.2) is 0 Å². The standard InChI is InChI=1S/C16H15BrClNO/c17-14-6-5-12(9-15(14)18)19-10-16-13-4-2-1-3-11(13)7-8-20-16/h1-6,9,16,19H,7-8,10H2. The van der Waals surface area contributed by atoms with Crippen molar-refractivity contribution in [3.8, 4) is 0 Å². The number of halogens is 2. The highest BCUT2D eigenvalue weighted by Crippen LogP contribution is 2.29. The fraction of sp³-hybridized carbons (Fsp3) is 0.250. The molecule has 1 aliphatic rings. The number of fused-ring (bicyclic) bond motifs is 1. The summed E-state index contributed by atoms with van der Waals surface area (Å²) in [6, 6.07) is 14.3. The van der Waals surface area contributed by atoms with Gasteiger partial charge in [0.25, 0.3) is 0 Å². The third-order valence-electron chi connectivity index (χ3n) is 3.50. The fourth-order valence-corrected chi connectivity index (χ4v) is 2.89. The minimum atomic E-state index is 0.0994. The van der Waals surface area contributed by atoms with Crippen LogP contribution in [0.3, 0.4) is 0 Å².